The molecule has 2 aromatic carbocycles. The van der Waals surface area contributed by atoms with Crippen LogP contribution in [0.25, 0.3) is 0 Å². The highest BCUT2D eigenvalue weighted by Gasteiger charge is 2.36. The highest BCUT2D eigenvalue weighted by atomic mass is 32.2. The van der Waals surface area contributed by atoms with E-state index in [0.29, 0.717) is 18.4 Å². The van der Waals surface area contributed by atoms with Gasteiger partial charge >= 0.3 is 0 Å². The van der Waals surface area contributed by atoms with Crippen LogP contribution in [0.15, 0.2) is 47.4 Å². The van der Waals surface area contributed by atoms with E-state index >= 15 is 0 Å². The summed E-state index contributed by atoms with van der Waals surface area (Å²) in [6, 6.07) is 13.1. The van der Waals surface area contributed by atoms with Crippen LogP contribution in [0.1, 0.15) is 22.3 Å². The van der Waals surface area contributed by atoms with Crippen molar-refractivity contribution in [2.24, 2.45) is 0 Å². The average Bonchev–Trinajstić information content (AvgIpc) is 2.82. The molecule has 0 radical (unpaired) electrons. The first-order valence-electron chi connectivity index (χ1n) is 7.65. The lowest BCUT2D eigenvalue weighted by atomic mass is 10.0. The van der Waals surface area contributed by atoms with E-state index in [9.17, 15) is 13.5 Å². The standard InChI is InChI=1S/C18H21NO3S/c1-13-7-8-17(14(2)9-13)23(21,22)19-12-18(20)10-15-5-3-4-6-16(15)11-18/h3-9,19-20H,10-12H2,1-2H3. The molecule has 1 aliphatic carbocycles. The third kappa shape index (κ3) is 3.32. The Balaban J connectivity index is 1.75. The van der Waals surface area contributed by atoms with Crippen LogP contribution < -0.4 is 4.72 Å². The van der Waals surface area contributed by atoms with Crippen LogP contribution in [-0.2, 0) is 22.9 Å². The lowest BCUT2D eigenvalue weighted by Crippen LogP contribution is -2.43. The van der Waals surface area contributed by atoms with Crippen LogP contribution in [0.2, 0.25) is 0 Å². The fourth-order valence-electron chi connectivity index (χ4n) is 3.21. The summed E-state index contributed by atoms with van der Waals surface area (Å²) in [7, 11) is -3.63. The molecule has 0 amide bonds. The third-order valence-corrected chi connectivity index (χ3v) is 5.93. The van der Waals surface area contributed by atoms with Gasteiger partial charge in [-0.25, -0.2) is 13.1 Å². The van der Waals surface area contributed by atoms with Crippen molar-refractivity contribution < 1.29 is 13.5 Å². The Morgan fingerprint density at radius 3 is 2.26 bits per heavy atom. The second-order valence-electron chi connectivity index (χ2n) is 6.44. The van der Waals surface area contributed by atoms with Gasteiger partial charge < -0.3 is 5.11 Å². The lowest BCUT2D eigenvalue weighted by molar-refractivity contribution is 0.0567. The number of sulfonamides is 1. The lowest BCUT2D eigenvalue weighted by Gasteiger charge is -2.23. The van der Waals surface area contributed by atoms with Crippen LogP contribution in [0, 0.1) is 13.8 Å². The second kappa shape index (κ2) is 5.74. The van der Waals surface area contributed by atoms with E-state index in [4.69, 9.17) is 0 Å². The number of hydrogen-bond acceptors (Lipinski definition) is 3. The van der Waals surface area contributed by atoms with Crippen molar-refractivity contribution in [3.05, 3.63) is 64.7 Å². The molecule has 2 aromatic rings. The van der Waals surface area contributed by atoms with Gasteiger partial charge in [-0.1, -0.05) is 42.0 Å². The summed E-state index contributed by atoms with van der Waals surface area (Å²) in [5, 5.41) is 10.7. The minimum atomic E-state index is -3.63. The SMILES string of the molecule is Cc1ccc(S(=O)(=O)NCC2(O)Cc3ccccc3C2)c(C)c1. The first kappa shape index (κ1) is 16.2. The molecule has 0 unspecified atom stereocenters. The molecule has 0 spiro atoms. The van der Waals surface area contributed by atoms with Crippen molar-refractivity contribution in [2.75, 3.05) is 6.54 Å². The van der Waals surface area contributed by atoms with Crippen molar-refractivity contribution in [1.29, 1.82) is 0 Å². The van der Waals surface area contributed by atoms with Crippen LogP contribution in [0.3, 0.4) is 0 Å². The zero-order valence-electron chi connectivity index (χ0n) is 13.3. The molecular formula is C18H21NO3S. The second-order valence-corrected chi connectivity index (χ2v) is 8.18. The summed E-state index contributed by atoms with van der Waals surface area (Å²) in [6.45, 7) is 3.72. The van der Waals surface area contributed by atoms with Crippen molar-refractivity contribution >= 4 is 10.0 Å². The minimum Gasteiger partial charge on any atom is -0.388 e. The first-order valence-corrected chi connectivity index (χ1v) is 9.14. The Bertz CT molecular complexity index is 818. The number of hydrogen-bond donors (Lipinski definition) is 2. The normalized spacial score (nSPS) is 16.3. The number of benzene rings is 2. The predicted octanol–water partition coefficient (Wildman–Crippen LogP) is 2.11. The van der Waals surface area contributed by atoms with Gasteiger partial charge in [0.05, 0.1) is 10.5 Å². The van der Waals surface area contributed by atoms with Gasteiger partial charge in [-0.2, -0.15) is 0 Å². The number of aryl methyl sites for hydroxylation is 2. The molecule has 0 bridgehead atoms. The minimum absolute atomic E-state index is 0.0112. The largest absolute Gasteiger partial charge is 0.388 e. The topological polar surface area (TPSA) is 66.4 Å². The maximum atomic E-state index is 12.5. The molecular weight excluding hydrogens is 310 g/mol. The van der Waals surface area contributed by atoms with E-state index in [2.05, 4.69) is 4.72 Å². The smallest absolute Gasteiger partial charge is 0.240 e. The van der Waals surface area contributed by atoms with Crippen molar-refractivity contribution in [2.45, 2.75) is 37.2 Å². The molecule has 0 atom stereocenters. The fraction of sp³-hybridized carbons (Fsp3) is 0.333. The van der Waals surface area contributed by atoms with Gasteiger partial charge in [-0.05, 0) is 36.6 Å². The monoisotopic (exact) mass is 331 g/mol. The van der Waals surface area contributed by atoms with Crippen LogP contribution in [0.5, 0.6) is 0 Å². The Labute approximate surface area is 137 Å². The molecule has 0 heterocycles. The maximum Gasteiger partial charge on any atom is 0.240 e. The molecule has 0 aromatic heterocycles. The summed E-state index contributed by atoms with van der Waals surface area (Å²) < 4.78 is 27.6. The van der Waals surface area contributed by atoms with Gasteiger partial charge in [0.15, 0.2) is 0 Å². The van der Waals surface area contributed by atoms with E-state index < -0.39 is 15.6 Å². The molecule has 4 nitrogen and oxygen atoms in total. The van der Waals surface area contributed by atoms with Crippen molar-refractivity contribution in [1.82, 2.24) is 4.72 Å². The highest BCUT2D eigenvalue weighted by molar-refractivity contribution is 7.89. The molecule has 0 saturated carbocycles. The van der Waals surface area contributed by atoms with Crippen LogP contribution >= 0.6 is 0 Å². The summed E-state index contributed by atoms with van der Waals surface area (Å²) in [5.74, 6) is 0. The number of fused-ring (bicyclic) bond motifs is 1. The summed E-state index contributed by atoms with van der Waals surface area (Å²) >= 11 is 0. The zero-order chi connectivity index (χ0) is 16.7. The van der Waals surface area contributed by atoms with E-state index in [1.807, 2.05) is 37.3 Å². The number of aliphatic hydroxyl groups is 1. The predicted molar refractivity (Wildman–Crippen MR) is 89.9 cm³/mol. The fourth-order valence-corrected chi connectivity index (χ4v) is 4.55. The zero-order valence-corrected chi connectivity index (χ0v) is 14.2. The third-order valence-electron chi connectivity index (χ3n) is 4.37. The number of nitrogens with one attached hydrogen (secondary N) is 1. The van der Waals surface area contributed by atoms with Crippen molar-refractivity contribution in [3.63, 3.8) is 0 Å². The Morgan fingerprint density at radius 1 is 1.09 bits per heavy atom. The molecule has 122 valence electrons. The van der Waals surface area contributed by atoms with Crippen LogP contribution in [0.4, 0.5) is 0 Å². The van der Waals surface area contributed by atoms with E-state index in [1.165, 1.54) is 0 Å². The molecule has 1 aliphatic rings. The highest BCUT2D eigenvalue weighted by Crippen LogP contribution is 2.30. The van der Waals surface area contributed by atoms with Crippen molar-refractivity contribution in [3.8, 4) is 0 Å². The molecule has 2 N–H and O–H groups in total. The summed E-state index contributed by atoms with van der Waals surface area (Å²) in [6.07, 6.45) is 0.942. The molecule has 0 saturated heterocycles. The summed E-state index contributed by atoms with van der Waals surface area (Å²) in [4.78, 5) is 0.266. The van der Waals surface area contributed by atoms with Gasteiger partial charge in [0.25, 0.3) is 0 Å². The van der Waals surface area contributed by atoms with E-state index in [1.54, 1.807) is 19.1 Å². The van der Waals surface area contributed by atoms with Gasteiger partial charge in [0.2, 0.25) is 10.0 Å². The van der Waals surface area contributed by atoms with Gasteiger partial charge in [0, 0.05) is 19.4 Å². The first-order chi connectivity index (χ1) is 10.8. The van der Waals surface area contributed by atoms with E-state index in [0.717, 1.165) is 16.7 Å². The Hall–Kier alpha value is -1.69. The maximum absolute atomic E-state index is 12.5. The summed E-state index contributed by atoms with van der Waals surface area (Å²) in [5.41, 5.74) is 2.84. The van der Waals surface area contributed by atoms with E-state index in [-0.39, 0.29) is 11.4 Å². The Morgan fingerprint density at radius 2 is 1.70 bits per heavy atom. The Kier molecular flexibility index (Phi) is 4.04. The molecule has 23 heavy (non-hydrogen) atoms. The molecule has 5 heteroatoms. The van der Waals surface area contributed by atoms with Gasteiger partial charge in [0.1, 0.15) is 0 Å². The number of rotatable bonds is 4. The molecule has 0 fully saturated rings. The molecule has 0 aliphatic heterocycles. The average molecular weight is 331 g/mol. The van der Waals surface area contributed by atoms with Crippen LogP contribution in [-0.4, -0.2) is 25.7 Å². The molecule has 3 rings (SSSR count). The quantitative estimate of drug-likeness (QED) is 0.902. The van der Waals surface area contributed by atoms with Gasteiger partial charge in [-0.3, -0.25) is 0 Å². The van der Waals surface area contributed by atoms with Gasteiger partial charge in [-0.15, -0.1) is 0 Å².